The van der Waals surface area contributed by atoms with Crippen LogP contribution in [-0.4, -0.2) is 40.9 Å². The van der Waals surface area contributed by atoms with Crippen molar-refractivity contribution < 1.29 is 18.8 Å². The monoisotopic (exact) mass is 524 g/mol. The summed E-state index contributed by atoms with van der Waals surface area (Å²) in [7, 11) is 0. The second-order valence-corrected chi connectivity index (χ2v) is 11.2. The largest absolute Gasteiger partial charge is 0.373 e. The van der Waals surface area contributed by atoms with Crippen LogP contribution in [0.4, 0.5) is 0 Å². The lowest BCUT2D eigenvalue weighted by Gasteiger charge is -2.58. The molecule has 2 saturated carbocycles. The van der Waals surface area contributed by atoms with E-state index in [-0.39, 0.29) is 23.2 Å². The van der Waals surface area contributed by atoms with Crippen LogP contribution in [0.5, 0.6) is 0 Å². The van der Waals surface area contributed by atoms with Crippen LogP contribution in [-0.2, 0) is 11.3 Å². The van der Waals surface area contributed by atoms with E-state index < -0.39 is 0 Å². The Morgan fingerprint density at radius 2 is 1.75 bits per heavy atom. The number of rotatable bonds is 7. The Morgan fingerprint density at radius 1 is 1.08 bits per heavy atom. The second-order valence-electron chi connectivity index (χ2n) is 10.4. The molecule has 0 bridgehead atoms. The predicted molar refractivity (Wildman–Crippen MR) is 137 cm³/mol. The van der Waals surface area contributed by atoms with Crippen LogP contribution in [0.25, 0.3) is 11.3 Å². The van der Waals surface area contributed by atoms with Crippen LogP contribution in [0.1, 0.15) is 70.6 Å². The number of hydrogen-bond acceptors (Lipinski definition) is 5. The van der Waals surface area contributed by atoms with Gasteiger partial charge >= 0.3 is 0 Å². The van der Waals surface area contributed by atoms with Crippen LogP contribution in [0.3, 0.4) is 0 Å². The molecule has 1 saturated heterocycles. The molecular formula is C28H26Cl2N2O4. The Labute approximate surface area is 219 Å². The second kappa shape index (κ2) is 9.02. The summed E-state index contributed by atoms with van der Waals surface area (Å²) in [4.78, 5) is 26.4. The van der Waals surface area contributed by atoms with Crippen molar-refractivity contribution in [2.45, 2.75) is 51.2 Å². The summed E-state index contributed by atoms with van der Waals surface area (Å²) in [6, 6.07) is 12.4. The molecule has 0 N–H and O–H groups in total. The first-order chi connectivity index (χ1) is 17.3. The van der Waals surface area contributed by atoms with Gasteiger partial charge in [-0.2, -0.15) is 0 Å². The lowest BCUT2D eigenvalue weighted by Crippen LogP contribution is -2.65. The molecule has 3 aliphatic rings. The molecule has 0 unspecified atom stereocenters. The average Bonchev–Trinajstić information content (AvgIpc) is 3.57. The van der Waals surface area contributed by atoms with Crippen LogP contribution < -0.4 is 0 Å². The maximum Gasteiger partial charge on any atom is 0.253 e. The van der Waals surface area contributed by atoms with Crippen molar-refractivity contribution in [3.05, 3.63) is 75.0 Å². The third-order valence-corrected chi connectivity index (χ3v) is 8.24. The van der Waals surface area contributed by atoms with Gasteiger partial charge in [0.1, 0.15) is 11.5 Å². The number of aromatic nitrogens is 1. The summed E-state index contributed by atoms with van der Waals surface area (Å²) in [5.74, 6) is 1.20. The van der Waals surface area contributed by atoms with Crippen molar-refractivity contribution in [3.63, 3.8) is 0 Å². The molecule has 8 heteroatoms. The Morgan fingerprint density at radius 3 is 2.42 bits per heavy atom. The van der Waals surface area contributed by atoms with E-state index in [2.05, 4.69) is 5.16 Å². The third-order valence-electron chi connectivity index (χ3n) is 7.61. The van der Waals surface area contributed by atoms with Crippen LogP contribution in [0.2, 0.25) is 10.0 Å². The van der Waals surface area contributed by atoms with E-state index in [1.807, 2.05) is 11.0 Å². The molecule has 0 atom stereocenters. The van der Waals surface area contributed by atoms with Crippen LogP contribution >= 0.6 is 23.2 Å². The number of nitrogens with zero attached hydrogens (tertiary/aromatic N) is 2. The van der Waals surface area contributed by atoms with Crippen molar-refractivity contribution in [1.82, 2.24) is 10.1 Å². The lowest BCUT2D eigenvalue weighted by molar-refractivity contribution is -0.143. The minimum absolute atomic E-state index is 0.0205. The normalized spacial score (nSPS) is 18.7. The number of carbonyl (C=O) groups is 2. The first-order valence-electron chi connectivity index (χ1n) is 12.3. The smallest absolute Gasteiger partial charge is 0.253 e. The quantitative estimate of drug-likeness (QED) is 0.327. The summed E-state index contributed by atoms with van der Waals surface area (Å²) < 4.78 is 12.0. The fraction of sp³-hybridized carbons (Fsp3) is 0.393. The molecule has 0 radical (unpaired) electrons. The zero-order valence-corrected chi connectivity index (χ0v) is 21.4. The lowest BCUT2D eigenvalue weighted by atomic mass is 9.61. The highest BCUT2D eigenvalue weighted by Gasteiger charge is 2.54. The van der Waals surface area contributed by atoms with Gasteiger partial charge in [0.15, 0.2) is 5.78 Å². The number of Topliss-reactive ketones (excluding diaryl/α,β-unsaturated/α-hetero) is 1. The minimum Gasteiger partial charge on any atom is -0.373 e. The Bertz CT molecular complexity index is 1330. The summed E-state index contributed by atoms with van der Waals surface area (Å²) in [6.45, 7) is 3.34. The predicted octanol–water partition coefficient (Wildman–Crippen LogP) is 6.55. The summed E-state index contributed by atoms with van der Waals surface area (Å²) in [5, 5.41) is 5.41. The van der Waals surface area contributed by atoms with Gasteiger partial charge in [-0.3, -0.25) is 9.59 Å². The first-order valence-corrected chi connectivity index (χ1v) is 13.0. The Kier molecular flexibility index (Phi) is 5.94. The third kappa shape index (κ3) is 4.25. The SMILES string of the molecule is CC(=O)c1cccc(C(=O)N2CC3(CC(OCc4c(-c5c(Cl)cccc5Cl)noc4C4CC4)C3)C2)c1. The molecule has 6 nitrogen and oxygen atoms in total. The van der Waals surface area contributed by atoms with Crippen LogP contribution in [0.15, 0.2) is 47.0 Å². The van der Waals surface area contributed by atoms with E-state index in [1.165, 1.54) is 6.92 Å². The maximum atomic E-state index is 12.9. The zero-order chi connectivity index (χ0) is 25.0. The molecular weight excluding hydrogens is 499 g/mol. The summed E-state index contributed by atoms with van der Waals surface area (Å²) in [5.41, 5.74) is 3.53. The highest BCUT2D eigenvalue weighted by molar-refractivity contribution is 6.39. The van der Waals surface area contributed by atoms with E-state index >= 15 is 0 Å². The van der Waals surface area contributed by atoms with Gasteiger partial charge in [0, 0.05) is 46.7 Å². The number of hydrogen-bond donors (Lipinski definition) is 0. The van der Waals surface area contributed by atoms with E-state index in [0.717, 1.165) is 50.1 Å². The van der Waals surface area contributed by atoms with E-state index in [9.17, 15) is 9.59 Å². The summed E-state index contributed by atoms with van der Waals surface area (Å²) >= 11 is 12.9. The number of ether oxygens (including phenoxy) is 1. The number of ketones is 1. The standard InChI is InChI=1S/C28H26Cl2N2O4/c1-16(33)18-4-2-5-19(10-18)27(34)32-14-28(15-32)11-20(12-28)35-13-21-25(31-36-26(21)17-8-9-17)24-22(29)6-3-7-23(24)30/h2-7,10,17,20H,8-9,11-15H2,1H3. The van der Waals surface area contributed by atoms with E-state index in [1.54, 1.807) is 36.4 Å². The molecule has 1 spiro atoms. The molecule has 3 aromatic rings. The van der Waals surface area contributed by atoms with Gasteiger partial charge in [0.25, 0.3) is 5.91 Å². The van der Waals surface area contributed by atoms with E-state index in [0.29, 0.717) is 45.0 Å². The van der Waals surface area contributed by atoms with Gasteiger partial charge in [-0.05, 0) is 56.9 Å². The van der Waals surface area contributed by atoms with Crippen molar-refractivity contribution in [1.29, 1.82) is 0 Å². The van der Waals surface area contributed by atoms with Gasteiger partial charge in [-0.15, -0.1) is 0 Å². The number of halogens is 2. The molecule has 2 aliphatic carbocycles. The minimum atomic E-state index is -0.0404. The fourth-order valence-electron chi connectivity index (χ4n) is 5.49. The zero-order valence-electron chi connectivity index (χ0n) is 19.9. The molecule has 6 rings (SSSR count). The molecule has 2 heterocycles. The maximum absolute atomic E-state index is 12.9. The molecule has 1 amide bonds. The van der Waals surface area contributed by atoms with Gasteiger partial charge in [-0.1, -0.05) is 46.6 Å². The fourth-order valence-corrected chi connectivity index (χ4v) is 6.07. The van der Waals surface area contributed by atoms with Crippen LogP contribution in [0, 0.1) is 5.41 Å². The highest BCUT2D eigenvalue weighted by Crippen LogP contribution is 2.51. The van der Waals surface area contributed by atoms with Crippen molar-refractivity contribution in [2.75, 3.05) is 13.1 Å². The topological polar surface area (TPSA) is 72.6 Å². The molecule has 3 fully saturated rings. The molecule has 1 aromatic heterocycles. The average molecular weight is 525 g/mol. The van der Waals surface area contributed by atoms with Gasteiger partial charge < -0.3 is 14.2 Å². The first kappa shape index (κ1) is 23.7. The summed E-state index contributed by atoms with van der Waals surface area (Å²) in [6.07, 6.45) is 4.13. The van der Waals surface area contributed by atoms with Gasteiger partial charge in [0.05, 0.1) is 22.8 Å². The number of benzene rings is 2. The van der Waals surface area contributed by atoms with Crippen molar-refractivity contribution >= 4 is 34.9 Å². The molecule has 36 heavy (non-hydrogen) atoms. The Hall–Kier alpha value is -2.67. The molecule has 1 aliphatic heterocycles. The number of amides is 1. The Balaban J connectivity index is 1.08. The number of carbonyl (C=O) groups excluding carboxylic acids is 2. The van der Waals surface area contributed by atoms with Gasteiger partial charge in [-0.25, -0.2) is 0 Å². The van der Waals surface area contributed by atoms with Gasteiger partial charge in [0.2, 0.25) is 0 Å². The van der Waals surface area contributed by atoms with Crippen molar-refractivity contribution in [3.8, 4) is 11.3 Å². The molecule has 2 aromatic carbocycles. The van der Waals surface area contributed by atoms with Crippen molar-refractivity contribution in [2.24, 2.45) is 5.41 Å². The number of likely N-dealkylation sites (tertiary alicyclic amines) is 1. The van der Waals surface area contributed by atoms with E-state index in [4.69, 9.17) is 32.5 Å². The highest BCUT2D eigenvalue weighted by atomic mass is 35.5. The molecule has 186 valence electrons.